The molecule has 0 aliphatic carbocycles. The van der Waals surface area contributed by atoms with Crippen molar-refractivity contribution in [3.05, 3.63) is 191 Å². The fourth-order valence-electron chi connectivity index (χ4n) is 12.7. The molecule has 0 aromatic heterocycles. The van der Waals surface area contributed by atoms with Crippen LogP contribution in [0, 0.1) is 0 Å². The van der Waals surface area contributed by atoms with Gasteiger partial charge >= 0.3 is 190 Å². The van der Waals surface area contributed by atoms with Crippen molar-refractivity contribution in [2.24, 2.45) is 20.0 Å². The summed E-state index contributed by atoms with van der Waals surface area (Å²) in [5.41, 5.74) is -33.5. The highest BCUT2D eigenvalue weighted by molar-refractivity contribution is 6.41. The Labute approximate surface area is 771 Å². The number of nitrogens with one attached hydrogen (secondary N) is 4. The number of allylic oxidation sites excluding steroid dienone is 12. The molecule has 4 amide bonds. The van der Waals surface area contributed by atoms with Crippen LogP contribution in [0.25, 0.3) is 22.3 Å². The highest BCUT2D eigenvalue weighted by Gasteiger charge is 2.99. The van der Waals surface area contributed by atoms with Crippen molar-refractivity contribution in [2.75, 3.05) is 21.3 Å². The number of anilines is 4. The Morgan fingerprint density at radius 3 is 0.419 bits per heavy atom. The molecular formula is C76H28F60N8O4. The Bertz CT molecular complexity index is 5650. The number of alkyl halides is 60. The third-order valence-corrected chi connectivity index (χ3v) is 20.8. The summed E-state index contributed by atoms with van der Waals surface area (Å²) in [6.07, 6.45) is -31.9. The fraction of sp³-hybridized carbons (Fsp3) is 0.368. The summed E-state index contributed by atoms with van der Waals surface area (Å²) < 4.78 is 875. The number of carbonyl (C=O) groups excluding carboxylic acids is 4. The second-order valence-electron chi connectivity index (χ2n) is 30.1. The standard InChI is InChI=1S/C76H28F60N8O4/c77-49(78,53(85,86)57(93,94)61(101,102)65(109,110)69(117,118)73(125,126)127)45(145)141-29-13-5-1-9-25(29)41-33-17-19-35(137-33)42(26-10-2-6-14-30(26)142-46(146)50(79,80)54(87,88)58(95,96)62(103,104)66(111,112)70(119,120)74(128,129)130)37-21-23-39(139-37)44(28-12-4-8-16-32(28)144-48(148)52(83,84)56(91,92)60(99,100)64(107,108)68(115,116)72(123,124)76(134,135)136)40-24-22-38(140-40)43(36-20-18-34(41)138-36)27-11-3-7-15-31(27)143-47(147)51(81,82)55(89,90)59(97,98)63(105,106)67(113,114)71(121,122)75(131,132)133/h1-24H,(H,141,145)(H,142,146)(H,143,147)(H,144,148). The lowest BCUT2D eigenvalue weighted by Crippen LogP contribution is -2.73. The molecule has 72 heteroatoms. The predicted octanol–water partition coefficient (Wildman–Crippen LogP) is 26.9. The maximum Gasteiger partial charge on any atom is 0.460 e. The van der Waals surface area contributed by atoms with Gasteiger partial charge in [-0.05, 0) is 72.9 Å². The molecule has 5 aliphatic rings. The van der Waals surface area contributed by atoms with E-state index >= 15 is 105 Å². The summed E-state index contributed by atoms with van der Waals surface area (Å²) in [4.78, 5) is 69.6. The predicted molar refractivity (Wildman–Crippen MR) is 377 cm³/mol. The second kappa shape index (κ2) is 35.4. The number of halogens is 60. The van der Waals surface area contributed by atoms with Crippen molar-refractivity contribution >= 4 is 91.5 Å². The van der Waals surface area contributed by atoms with Crippen LogP contribution in [0.15, 0.2) is 188 Å². The molecule has 0 saturated carbocycles. The van der Waals surface area contributed by atoms with E-state index in [1.54, 1.807) is 0 Å². The molecule has 5 heterocycles. The maximum absolute atomic E-state index is 16.0. The minimum absolute atomic E-state index is 0.108. The first-order valence-corrected chi connectivity index (χ1v) is 36.9. The van der Waals surface area contributed by atoms with E-state index in [1.165, 1.54) is 0 Å². The van der Waals surface area contributed by atoms with Crippen LogP contribution in [0.5, 0.6) is 0 Å². The fourth-order valence-corrected chi connectivity index (χ4v) is 12.7. The van der Waals surface area contributed by atoms with E-state index in [2.05, 4.69) is 20.0 Å². The first-order chi connectivity index (χ1) is 65.9. The van der Waals surface area contributed by atoms with E-state index in [1.807, 2.05) is 0 Å². The Morgan fingerprint density at radius 1 is 0.162 bits per heavy atom. The van der Waals surface area contributed by atoms with E-state index in [9.17, 15) is 177 Å². The average Bonchev–Trinajstić information content (AvgIpc) is 0.781. The number of fused-ring (bicyclic) bond motifs is 4. The van der Waals surface area contributed by atoms with Crippen LogP contribution in [-0.2, 0) is 19.2 Å². The summed E-state index contributed by atoms with van der Waals surface area (Å²) >= 11 is 0. The lowest BCUT2D eigenvalue weighted by molar-refractivity contribution is -0.449. The number of hydrogen-bond acceptors (Lipinski definition) is 8. The number of hydrogen-bond donors (Lipinski definition) is 4. The summed E-state index contributed by atoms with van der Waals surface area (Å²) in [5, 5.41) is 1.93. The summed E-state index contributed by atoms with van der Waals surface area (Å²) in [5.74, 6) is -230. The number of aliphatic imine (C=N–C) groups is 4. The first-order valence-electron chi connectivity index (χ1n) is 36.9. The Kier molecular flexibility index (Phi) is 28.4. The zero-order valence-electron chi connectivity index (χ0n) is 68.0. The van der Waals surface area contributed by atoms with Crippen LogP contribution in [-0.4, -0.2) is 213 Å². The summed E-state index contributed by atoms with van der Waals surface area (Å²) in [6, 6.07) is 2.46. The van der Waals surface area contributed by atoms with Crippen LogP contribution in [0.1, 0.15) is 22.3 Å². The van der Waals surface area contributed by atoms with Crippen LogP contribution in [0.3, 0.4) is 0 Å². The van der Waals surface area contributed by atoms with Gasteiger partial charge in [0.15, 0.2) is 0 Å². The molecule has 0 fully saturated rings. The zero-order chi connectivity index (χ0) is 114. The third-order valence-electron chi connectivity index (χ3n) is 20.8. The van der Waals surface area contributed by atoms with Gasteiger partial charge in [-0.15, -0.1) is 0 Å². The van der Waals surface area contributed by atoms with Crippen molar-refractivity contribution in [1.82, 2.24) is 0 Å². The number of rotatable bonds is 32. The van der Waals surface area contributed by atoms with Gasteiger partial charge in [-0.1, -0.05) is 72.8 Å². The van der Waals surface area contributed by atoms with Gasteiger partial charge in [-0.3, -0.25) is 19.2 Å². The summed E-state index contributed by atoms with van der Waals surface area (Å²) in [6.45, 7) is 0. The van der Waals surface area contributed by atoms with Crippen LogP contribution < -0.4 is 21.3 Å². The van der Waals surface area contributed by atoms with Gasteiger partial charge in [0.1, 0.15) is 0 Å². The molecule has 4 aromatic rings. The second-order valence-corrected chi connectivity index (χ2v) is 30.1. The topological polar surface area (TPSA) is 166 Å². The van der Waals surface area contributed by atoms with E-state index in [-0.39, 0.29) is 121 Å². The van der Waals surface area contributed by atoms with Crippen molar-refractivity contribution in [3.63, 3.8) is 0 Å². The van der Waals surface area contributed by atoms with Crippen LogP contribution in [0.2, 0.25) is 0 Å². The quantitative estimate of drug-likeness (QED) is 0.0358. The molecule has 4 N–H and O–H groups in total. The van der Waals surface area contributed by atoms with E-state index in [0.29, 0.717) is 45.5 Å². The Morgan fingerprint density at radius 2 is 0.284 bits per heavy atom. The molecule has 0 radical (unpaired) electrons. The molecule has 9 rings (SSSR count). The minimum Gasteiger partial charge on any atom is -0.320 e. The van der Waals surface area contributed by atoms with Crippen molar-refractivity contribution < 1.29 is 283 Å². The van der Waals surface area contributed by atoms with Gasteiger partial charge in [-0.2, -0.15) is 263 Å². The molecule has 8 bridgehead atoms. The first kappa shape index (κ1) is 119. The molecule has 0 saturated heterocycles. The molecule has 4 aromatic carbocycles. The molecule has 0 atom stereocenters. The largest absolute Gasteiger partial charge is 0.460 e. The number of nitrogens with zero attached hydrogens (tertiary/aromatic N) is 4. The van der Waals surface area contributed by atoms with E-state index in [0.717, 1.165) is 0 Å². The minimum atomic E-state index is -9.22. The molecule has 0 unspecified atom stereocenters. The van der Waals surface area contributed by atoms with Crippen molar-refractivity contribution in [1.29, 1.82) is 0 Å². The molecule has 5 aliphatic heterocycles. The normalized spacial score (nSPS) is 17.1. The van der Waals surface area contributed by atoms with Crippen LogP contribution >= 0.6 is 0 Å². The SMILES string of the molecule is O=C(Nc1ccccc1C1=C2C=CC(=N2)C(c2ccccc2NC(=O)C(F)(F)C(F)(F)C(F)(F)C(F)(F)C(F)(F)C(F)(F)C(F)(F)F)=C2C=CC(=N2)C(c2ccccc2NC(=O)C(F)(F)C(F)(F)C(F)(F)C(F)(F)C(F)(F)C(F)(F)C(F)(F)F)=C2C=CC(=N2)C(c2ccccc2NC(=O)C(F)(F)C(F)(F)C(F)(F)C(F)(F)C(F)(F)C(F)(F)C(F)(F)F)=C2C=CC1=N2)C(F)(F)C(F)(F)C(F)(F)C(F)(F)C(F)(F)C(F)(F)C(F)(F)F. The van der Waals surface area contributed by atoms with Gasteiger partial charge in [0, 0.05) is 67.3 Å². The maximum atomic E-state index is 16.0. The van der Waals surface area contributed by atoms with E-state index in [4.69, 9.17) is 0 Å². The van der Waals surface area contributed by atoms with Gasteiger partial charge in [0.2, 0.25) is 0 Å². The van der Waals surface area contributed by atoms with Gasteiger partial charge in [0.25, 0.3) is 0 Å². The molecular weight excluding hydrogens is 2230 g/mol. The number of carbonyl (C=O) groups is 4. The number of para-hydroxylation sites is 4. The Hall–Kier alpha value is -12.8. The average molecular weight is 2260 g/mol. The smallest absolute Gasteiger partial charge is 0.320 e. The van der Waals surface area contributed by atoms with E-state index < -0.39 is 303 Å². The number of benzene rings is 4. The monoisotopic (exact) mass is 2260 g/mol. The van der Waals surface area contributed by atoms with Gasteiger partial charge in [0.05, 0.1) is 45.6 Å². The van der Waals surface area contributed by atoms with Gasteiger partial charge < -0.3 is 21.3 Å². The van der Waals surface area contributed by atoms with Crippen molar-refractivity contribution in [2.45, 2.75) is 167 Å². The van der Waals surface area contributed by atoms with Gasteiger partial charge in [-0.25, -0.2) is 20.0 Å². The molecule has 816 valence electrons. The van der Waals surface area contributed by atoms with Crippen LogP contribution in [0.4, 0.5) is 286 Å². The summed E-state index contributed by atoms with van der Waals surface area (Å²) in [7, 11) is 0. The zero-order valence-corrected chi connectivity index (χ0v) is 68.0. The number of amides is 4. The molecule has 148 heavy (non-hydrogen) atoms. The third kappa shape index (κ3) is 16.9. The highest BCUT2D eigenvalue weighted by Crippen LogP contribution is 2.69. The van der Waals surface area contributed by atoms with Crippen molar-refractivity contribution in [3.8, 4) is 0 Å². The lowest BCUT2D eigenvalue weighted by Gasteiger charge is -2.41. The molecule has 12 nitrogen and oxygen atoms in total. The molecule has 0 spiro atoms. The lowest BCUT2D eigenvalue weighted by atomic mass is 9.90. The highest BCUT2D eigenvalue weighted by atomic mass is 19.5. The Balaban J connectivity index is 1.40.